The standard InChI is InChI=1S/C12H14N2OS/c1-2-9-3-4-10(16-9)7-12(15)11-8-13-5-6-14-11/h3-6,8,12,15H,2,7H2,1H3. The Labute approximate surface area is 98.8 Å². The Bertz CT molecular complexity index is 441. The average Bonchev–Trinajstić information content (AvgIpc) is 2.78. The van der Waals surface area contributed by atoms with Gasteiger partial charge in [0.25, 0.3) is 0 Å². The summed E-state index contributed by atoms with van der Waals surface area (Å²) in [5.41, 5.74) is 0.633. The van der Waals surface area contributed by atoms with Crippen LogP contribution >= 0.6 is 11.3 Å². The number of hydrogen-bond donors (Lipinski definition) is 1. The molecule has 2 aromatic heterocycles. The van der Waals surface area contributed by atoms with Gasteiger partial charge in [-0.2, -0.15) is 0 Å². The highest BCUT2D eigenvalue weighted by molar-refractivity contribution is 7.11. The van der Waals surface area contributed by atoms with Gasteiger partial charge in [-0.1, -0.05) is 6.92 Å². The summed E-state index contributed by atoms with van der Waals surface area (Å²) in [5.74, 6) is 0. The molecule has 3 nitrogen and oxygen atoms in total. The van der Waals surface area contributed by atoms with Crippen LogP contribution in [0, 0.1) is 0 Å². The van der Waals surface area contributed by atoms with Crippen molar-refractivity contribution < 1.29 is 5.11 Å². The van der Waals surface area contributed by atoms with Crippen molar-refractivity contribution in [3.05, 3.63) is 46.2 Å². The highest BCUT2D eigenvalue weighted by atomic mass is 32.1. The quantitative estimate of drug-likeness (QED) is 0.883. The summed E-state index contributed by atoms with van der Waals surface area (Å²) >= 11 is 1.75. The van der Waals surface area contributed by atoms with Gasteiger partial charge in [0.05, 0.1) is 11.9 Å². The van der Waals surface area contributed by atoms with Crippen LogP contribution in [0.25, 0.3) is 0 Å². The molecule has 0 bridgehead atoms. The molecule has 0 radical (unpaired) electrons. The third-order valence-corrected chi connectivity index (χ3v) is 3.64. The van der Waals surface area contributed by atoms with Gasteiger partial charge in [0.15, 0.2) is 0 Å². The van der Waals surface area contributed by atoms with E-state index in [1.807, 2.05) is 0 Å². The van der Waals surface area contributed by atoms with E-state index < -0.39 is 6.10 Å². The van der Waals surface area contributed by atoms with Gasteiger partial charge in [-0.25, -0.2) is 0 Å². The van der Waals surface area contributed by atoms with Crippen molar-refractivity contribution in [2.45, 2.75) is 25.9 Å². The first-order valence-electron chi connectivity index (χ1n) is 5.31. The highest BCUT2D eigenvalue weighted by Gasteiger charge is 2.11. The molecular formula is C12H14N2OS. The average molecular weight is 234 g/mol. The molecule has 2 heterocycles. The fourth-order valence-corrected chi connectivity index (χ4v) is 2.49. The SMILES string of the molecule is CCc1ccc(CC(O)c2cnccn2)s1. The topological polar surface area (TPSA) is 46.0 Å². The first-order chi connectivity index (χ1) is 7.79. The molecule has 0 fully saturated rings. The molecule has 0 amide bonds. The first kappa shape index (κ1) is 11.2. The Balaban J connectivity index is 2.05. The van der Waals surface area contributed by atoms with Crippen LogP contribution in [0.15, 0.2) is 30.7 Å². The smallest absolute Gasteiger partial charge is 0.102 e. The van der Waals surface area contributed by atoms with Crippen LogP contribution in [-0.4, -0.2) is 15.1 Å². The zero-order chi connectivity index (χ0) is 11.4. The predicted molar refractivity (Wildman–Crippen MR) is 64.4 cm³/mol. The largest absolute Gasteiger partial charge is 0.386 e. The van der Waals surface area contributed by atoms with E-state index in [1.54, 1.807) is 29.9 Å². The van der Waals surface area contributed by atoms with Gasteiger partial charge in [0.2, 0.25) is 0 Å². The minimum absolute atomic E-state index is 0.558. The second-order valence-corrected chi connectivity index (χ2v) is 4.82. The van der Waals surface area contributed by atoms with Crippen molar-refractivity contribution in [3.63, 3.8) is 0 Å². The third kappa shape index (κ3) is 2.65. The van der Waals surface area contributed by atoms with Crippen molar-refractivity contribution in [2.75, 3.05) is 0 Å². The number of aryl methyl sites for hydroxylation is 1. The maximum Gasteiger partial charge on any atom is 0.102 e. The van der Waals surface area contributed by atoms with E-state index in [-0.39, 0.29) is 0 Å². The van der Waals surface area contributed by atoms with E-state index in [4.69, 9.17) is 0 Å². The van der Waals surface area contributed by atoms with Crippen molar-refractivity contribution in [1.29, 1.82) is 0 Å². The number of nitrogens with zero attached hydrogens (tertiary/aromatic N) is 2. The molecule has 4 heteroatoms. The van der Waals surface area contributed by atoms with Crippen molar-refractivity contribution in [1.82, 2.24) is 9.97 Å². The van der Waals surface area contributed by atoms with E-state index in [1.165, 1.54) is 9.75 Å². The predicted octanol–water partition coefficient (Wildman–Crippen LogP) is 2.38. The second-order valence-electron chi connectivity index (χ2n) is 3.57. The van der Waals surface area contributed by atoms with Gasteiger partial charge in [-0.3, -0.25) is 9.97 Å². The summed E-state index contributed by atoms with van der Waals surface area (Å²) in [6.07, 6.45) is 5.92. The zero-order valence-electron chi connectivity index (χ0n) is 9.13. The highest BCUT2D eigenvalue weighted by Crippen LogP contribution is 2.22. The number of aromatic nitrogens is 2. The Kier molecular flexibility index (Phi) is 3.64. The van der Waals surface area contributed by atoms with Crippen molar-refractivity contribution in [3.8, 4) is 0 Å². The summed E-state index contributed by atoms with van der Waals surface area (Å²) in [6, 6.07) is 4.19. The summed E-state index contributed by atoms with van der Waals surface area (Å²) in [4.78, 5) is 10.6. The van der Waals surface area contributed by atoms with Crippen molar-refractivity contribution >= 4 is 11.3 Å². The summed E-state index contributed by atoms with van der Waals surface area (Å²) in [6.45, 7) is 2.13. The minimum atomic E-state index is -0.558. The minimum Gasteiger partial charge on any atom is -0.386 e. The van der Waals surface area contributed by atoms with Crippen LogP contribution in [0.5, 0.6) is 0 Å². The van der Waals surface area contributed by atoms with E-state index in [0.29, 0.717) is 12.1 Å². The lowest BCUT2D eigenvalue weighted by Crippen LogP contribution is -2.03. The molecule has 0 aliphatic carbocycles. The molecule has 1 N–H and O–H groups in total. The summed E-state index contributed by atoms with van der Waals surface area (Å²) in [7, 11) is 0. The van der Waals surface area contributed by atoms with E-state index >= 15 is 0 Å². The van der Waals surface area contributed by atoms with Crippen LogP contribution in [0.4, 0.5) is 0 Å². The number of aliphatic hydroxyl groups is 1. The van der Waals surface area contributed by atoms with Gasteiger partial charge >= 0.3 is 0 Å². The molecule has 2 rings (SSSR count). The Morgan fingerprint density at radius 3 is 2.75 bits per heavy atom. The van der Waals surface area contributed by atoms with Crippen molar-refractivity contribution in [2.24, 2.45) is 0 Å². The third-order valence-electron chi connectivity index (χ3n) is 2.38. The second kappa shape index (κ2) is 5.18. The monoisotopic (exact) mass is 234 g/mol. The molecule has 0 aromatic carbocycles. The molecule has 0 aliphatic rings. The molecule has 2 aromatic rings. The van der Waals surface area contributed by atoms with Gasteiger partial charge in [-0.05, 0) is 18.6 Å². The normalized spacial score (nSPS) is 12.6. The van der Waals surface area contributed by atoms with E-state index in [0.717, 1.165) is 6.42 Å². The van der Waals surface area contributed by atoms with Crippen LogP contribution in [0.1, 0.15) is 28.5 Å². The lowest BCUT2D eigenvalue weighted by Gasteiger charge is -2.07. The molecule has 16 heavy (non-hydrogen) atoms. The fraction of sp³-hybridized carbons (Fsp3) is 0.333. The van der Waals surface area contributed by atoms with Gasteiger partial charge in [0, 0.05) is 28.6 Å². The van der Waals surface area contributed by atoms with E-state index in [9.17, 15) is 5.11 Å². The Morgan fingerprint density at radius 2 is 2.12 bits per heavy atom. The van der Waals surface area contributed by atoms with Crippen LogP contribution in [-0.2, 0) is 12.8 Å². The van der Waals surface area contributed by atoms with Crippen LogP contribution in [0.3, 0.4) is 0 Å². The fourth-order valence-electron chi connectivity index (χ4n) is 1.50. The first-order valence-corrected chi connectivity index (χ1v) is 6.12. The molecule has 0 saturated heterocycles. The zero-order valence-corrected chi connectivity index (χ0v) is 9.94. The number of rotatable bonds is 4. The van der Waals surface area contributed by atoms with Crippen LogP contribution < -0.4 is 0 Å². The molecule has 0 spiro atoms. The van der Waals surface area contributed by atoms with Crippen LogP contribution in [0.2, 0.25) is 0 Å². The number of hydrogen-bond acceptors (Lipinski definition) is 4. The number of aliphatic hydroxyl groups excluding tert-OH is 1. The lowest BCUT2D eigenvalue weighted by atomic mass is 10.2. The molecule has 84 valence electrons. The summed E-state index contributed by atoms with van der Waals surface area (Å²) < 4.78 is 0. The number of thiophene rings is 1. The van der Waals surface area contributed by atoms with E-state index in [2.05, 4.69) is 29.0 Å². The molecule has 1 unspecified atom stereocenters. The summed E-state index contributed by atoms with van der Waals surface area (Å²) in [5, 5.41) is 9.96. The Hall–Kier alpha value is -1.26. The van der Waals surface area contributed by atoms with Gasteiger partial charge < -0.3 is 5.11 Å². The lowest BCUT2D eigenvalue weighted by molar-refractivity contribution is 0.174. The van der Waals surface area contributed by atoms with Gasteiger partial charge in [0.1, 0.15) is 6.10 Å². The van der Waals surface area contributed by atoms with Gasteiger partial charge in [-0.15, -0.1) is 11.3 Å². The molecule has 0 saturated carbocycles. The maximum absolute atomic E-state index is 9.96. The molecule has 0 aliphatic heterocycles. The molecule has 1 atom stereocenters. The maximum atomic E-state index is 9.96. The Morgan fingerprint density at radius 1 is 1.31 bits per heavy atom. The molecular weight excluding hydrogens is 220 g/mol.